The molecular formula is C18H20N2O4. The van der Waals surface area contributed by atoms with E-state index < -0.39 is 5.60 Å². The minimum absolute atomic E-state index is 0.0127. The number of nitrogens with one attached hydrogen (secondary N) is 1. The number of rotatable bonds is 7. The maximum absolute atomic E-state index is 12.0. The van der Waals surface area contributed by atoms with E-state index >= 15 is 0 Å². The molecule has 1 aromatic heterocycles. The average Bonchev–Trinajstić information content (AvgIpc) is 3.00. The van der Waals surface area contributed by atoms with E-state index in [0.29, 0.717) is 17.3 Å². The number of nitriles is 1. The van der Waals surface area contributed by atoms with Gasteiger partial charge in [-0.05, 0) is 43.7 Å². The zero-order valence-corrected chi connectivity index (χ0v) is 13.7. The van der Waals surface area contributed by atoms with Gasteiger partial charge in [-0.15, -0.1) is 0 Å². The third kappa shape index (κ3) is 4.86. The molecule has 126 valence electrons. The Kier molecular flexibility index (Phi) is 5.61. The van der Waals surface area contributed by atoms with Crippen molar-refractivity contribution in [1.82, 2.24) is 5.32 Å². The van der Waals surface area contributed by atoms with E-state index in [2.05, 4.69) is 5.32 Å². The molecule has 1 unspecified atom stereocenters. The molecule has 0 aliphatic carbocycles. The standard InChI is InChI=1S/C18H20N2O4/c1-13-3-8-16(24-13)18(2,22)12-20-17(21)11-14-4-6-15(7-5-14)23-10-9-19/h3-8,22H,10-12H2,1-2H3,(H,20,21). The fourth-order valence-corrected chi connectivity index (χ4v) is 2.15. The van der Waals surface area contributed by atoms with Crippen LogP contribution in [0.1, 0.15) is 24.0 Å². The molecule has 0 spiro atoms. The highest BCUT2D eigenvalue weighted by Gasteiger charge is 2.27. The van der Waals surface area contributed by atoms with Crippen LogP contribution >= 0.6 is 0 Å². The quantitative estimate of drug-likeness (QED) is 0.811. The van der Waals surface area contributed by atoms with Gasteiger partial charge in [-0.25, -0.2) is 0 Å². The van der Waals surface area contributed by atoms with Crippen molar-refractivity contribution in [1.29, 1.82) is 5.26 Å². The third-order valence-electron chi connectivity index (χ3n) is 3.49. The monoisotopic (exact) mass is 328 g/mol. The molecule has 2 aromatic rings. The molecule has 1 heterocycles. The first kappa shape index (κ1) is 17.6. The van der Waals surface area contributed by atoms with Crippen molar-refractivity contribution in [2.75, 3.05) is 13.2 Å². The van der Waals surface area contributed by atoms with E-state index in [1.165, 1.54) is 0 Å². The molecule has 6 heteroatoms. The van der Waals surface area contributed by atoms with Gasteiger partial charge in [0.15, 0.2) is 6.61 Å². The molecule has 6 nitrogen and oxygen atoms in total. The van der Waals surface area contributed by atoms with Crippen molar-refractivity contribution in [3.8, 4) is 11.8 Å². The van der Waals surface area contributed by atoms with Crippen LogP contribution in [0.3, 0.4) is 0 Å². The van der Waals surface area contributed by atoms with E-state index in [0.717, 1.165) is 5.56 Å². The zero-order valence-electron chi connectivity index (χ0n) is 13.7. The van der Waals surface area contributed by atoms with Crippen molar-refractivity contribution in [3.63, 3.8) is 0 Å². The van der Waals surface area contributed by atoms with Gasteiger partial charge >= 0.3 is 0 Å². The van der Waals surface area contributed by atoms with Crippen LogP contribution in [0.5, 0.6) is 5.75 Å². The predicted octanol–water partition coefficient (Wildman–Crippen LogP) is 2.06. The molecular weight excluding hydrogens is 308 g/mol. The number of furan rings is 1. The molecule has 0 aliphatic rings. The second kappa shape index (κ2) is 7.66. The van der Waals surface area contributed by atoms with Crippen molar-refractivity contribution >= 4 is 5.91 Å². The first-order valence-electron chi connectivity index (χ1n) is 7.55. The maximum atomic E-state index is 12.0. The van der Waals surface area contributed by atoms with Crippen LogP contribution in [-0.4, -0.2) is 24.2 Å². The lowest BCUT2D eigenvalue weighted by Crippen LogP contribution is -2.39. The highest BCUT2D eigenvalue weighted by Crippen LogP contribution is 2.22. The number of carbonyl (C=O) groups is 1. The topological polar surface area (TPSA) is 95.5 Å². The maximum Gasteiger partial charge on any atom is 0.224 e. The average molecular weight is 328 g/mol. The predicted molar refractivity (Wildman–Crippen MR) is 87.3 cm³/mol. The molecule has 1 aromatic carbocycles. The van der Waals surface area contributed by atoms with Gasteiger partial charge in [-0.3, -0.25) is 4.79 Å². The molecule has 0 fully saturated rings. The highest BCUT2D eigenvalue weighted by molar-refractivity contribution is 5.78. The summed E-state index contributed by atoms with van der Waals surface area (Å²) in [6.45, 7) is 3.43. The Labute approximate surface area is 140 Å². The highest BCUT2D eigenvalue weighted by atomic mass is 16.5. The van der Waals surface area contributed by atoms with Crippen molar-refractivity contribution in [2.24, 2.45) is 0 Å². The summed E-state index contributed by atoms with van der Waals surface area (Å²) in [5.41, 5.74) is -0.455. The molecule has 1 atom stereocenters. The molecule has 2 N–H and O–H groups in total. The number of benzene rings is 1. The van der Waals surface area contributed by atoms with Crippen molar-refractivity contribution < 1.29 is 19.1 Å². The summed E-state index contributed by atoms with van der Waals surface area (Å²) in [6, 6.07) is 12.3. The third-order valence-corrected chi connectivity index (χ3v) is 3.49. The summed E-state index contributed by atoms with van der Waals surface area (Å²) in [7, 11) is 0. The van der Waals surface area contributed by atoms with Gasteiger partial charge in [0.05, 0.1) is 13.0 Å². The fraction of sp³-hybridized carbons (Fsp3) is 0.333. The summed E-state index contributed by atoms with van der Waals surface area (Å²) in [5.74, 6) is 1.50. The normalized spacial score (nSPS) is 12.9. The summed E-state index contributed by atoms with van der Waals surface area (Å²) in [6.07, 6.45) is 0.186. The number of aliphatic hydroxyl groups is 1. The first-order valence-corrected chi connectivity index (χ1v) is 7.55. The number of aryl methyl sites for hydroxylation is 1. The second-order valence-electron chi connectivity index (χ2n) is 5.73. The van der Waals surface area contributed by atoms with Crippen LogP contribution in [0.4, 0.5) is 0 Å². The lowest BCUT2D eigenvalue weighted by molar-refractivity contribution is -0.121. The summed E-state index contributed by atoms with van der Waals surface area (Å²) in [4.78, 5) is 12.0. The van der Waals surface area contributed by atoms with E-state index in [1.807, 2.05) is 6.07 Å². The van der Waals surface area contributed by atoms with Crippen LogP contribution in [0.2, 0.25) is 0 Å². The molecule has 2 rings (SSSR count). The second-order valence-corrected chi connectivity index (χ2v) is 5.73. The Morgan fingerprint density at radius 2 is 2.04 bits per heavy atom. The largest absolute Gasteiger partial charge is 0.479 e. The smallest absolute Gasteiger partial charge is 0.224 e. The van der Waals surface area contributed by atoms with Gasteiger partial charge in [-0.2, -0.15) is 5.26 Å². The van der Waals surface area contributed by atoms with Gasteiger partial charge in [0, 0.05) is 0 Å². The fourth-order valence-electron chi connectivity index (χ4n) is 2.15. The Balaban J connectivity index is 1.86. The van der Waals surface area contributed by atoms with Crippen LogP contribution in [-0.2, 0) is 16.8 Å². The summed E-state index contributed by atoms with van der Waals surface area (Å²) in [5, 5.41) is 21.5. The molecule has 1 amide bonds. The number of carbonyl (C=O) groups excluding carboxylic acids is 1. The molecule has 24 heavy (non-hydrogen) atoms. The summed E-state index contributed by atoms with van der Waals surface area (Å²) >= 11 is 0. The van der Waals surface area contributed by atoms with E-state index in [-0.39, 0.29) is 25.5 Å². The van der Waals surface area contributed by atoms with E-state index in [4.69, 9.17) is 14.4 Å². The Morgan fingerprint density at radius 3 is 2.62 bits per heavy atom. The number of nitrogens with zero attached hydrogens (tertiary/aromatic N) is 1. The van der Waals surface area contributed by atoms with E-state index in [1.54, 1.807) is 50.2 Å². The lowest BCUT2D eigenvalue weighted by Gasteiger charge is -2.21. The molecule has 0 radical (unpaired) electrons. The first-order chi connectivity index (χ1) is 11.4. The van der Waals surface area contributed by atoms with Crippen LogP contribution in [0.25, 0.3) is 0 Å². The molecule has 0 aliphatic heterocycles. The van der Waals surface area contributed by atoms with E-state index in [9.17, 15) is 9.90 Å². The van der Waals surface area contributed by atoms with Crippen LogP contribution < -0.4 is 10.1 Å². The molecule has 0 saturated carbocycles. The van der Waals surface area contributed by atoms with Crippen LogP contribution in [0.15, 0.2) is 40.8 Å². The van der Waals surface area contributed by atoms with Gasteiger partial charge in [-0.1, -0.05) is 12.1 Å². The van der Waals surface area contributed by atoms with Crippen molar-refractivity contribution in [2.45, 2.75) is 25.9 Å². The summed E-state index contributed by atoms with van der Waals surface area (Å²) < 4.78 is 10.6. The number of hydrogen-bond donors (Lipinski definition) is 2. The zero-order chi connectivity index (χ0) is 17.6. The lowest BCUT2D eigenvalue weighted by atomic mass is 10.0. The number of amides is 1. The van der Waals surface area contributed by atoms with Crippen LogP contribution in [0, 0.1) is 18.3 Å². The van der Waals surface area contributed by atoms with Gasteiger partial charge < -0.3 is 19.6 Å². The van der Waals surface area contributed by atoms with Gasteiger partial charge in [0.2, 0.25) is 5.91 Å². The molecule has 0 bridgehead atoms. The Hall–Kier alpha value is -2.78. The van der Waals surface area contributed by atoms with Crippen molar-refractivity contribution in [3.05, 3.63) is 53.5 Å². The van der Waals surface area contributed by atoms with Gasteiger partial charge in [0.25, 0.3) is 0 Å². The Bertz CT molecular complexity index is 726. The Morgan fingerprint density at radius 1 is 1.33 bits per heavy atom. The number of hydrogen-bond acceptors (Lipinski definition) is 5. The minimum Gasteiger partial charge on any atom is -0.479 e. The SMILES string of the molecule is Cc1ccc(C(C)(O)CNC(=O)Cc2ccc(OCC#N)cc2)o1. The molecule has 0 saturated heterocycles. The van der Waals surface area contributed by atoms with Gasteiger partial charge in [0.1, 0.15) is 28.9 Å². The number of ether oxygens (including phenoxy) is 1. The minimum atomic E-state index is -1.26.